The summed E-state index contributed by atoms with van der Waals surface area (Å²) < 4.78 is 30.4. The molecule has 0 saturated heterocycles. The van der Waals surface area contributed by atoms with Gasteiger partial charge in [0.25, 0.3) is 0 Å². The number of fused-ring (bicyclic) bond motifs is 1. The van der Waals surface area contributed by atoms with Gasteiger partial charge in [-0.05, 0) is 48.0 Å². The van der Waals surface area contributed by atoms with Gasteiger partial charge in [0.05, 0.1) is 33.4 Å². The topological polar surface area (TPSA) is 60.0 Å². The first-order valence-electron chi connectivity index (χ1n) is 10.4. The molecule has 7 heteroatoms. The van der Waals surface area contributed by atoms with Gasteiger partial charge < -0.3 is 24.4 Å². The van der Waals surface area contributed by atoms with Crippen molar-refractivity contribution in [1.82, 2.24) is 4.90 Å². The van der Waals surface area contributed by atoms with Gasteiger partial charge in [-0.1, -0.05) is 24.3 Å². The number of rotatable bonds is 6. The molecular weight excluding hydrogens is 411 g/mol. The monoisotopic (exact) mass is 436 g/mol. The Labute approximate surface area is 186 Å². The molecule has 3 aromatic carbocycles. The van der Waals surface area contributed by atoms with E-state index in [0.717, 1.165) is 22.6 Å². The predicted molar refractivity (Wildman–Crippen MR) is 119 cm³/mol. The lowest BCUT2D eigenvalue weighted by atomic mass is 10.1. The molecule has 2 amide bonds. The zero-order valence-electron chi connectivity index (χ0n) is 17.8. The average Bonchev–Trinajstić information content (AvgIpc) is 3.03. The van der Waals surface area contributed by atoms with E-state index in [2.05, 4.69) is 5.32 Å². The number of hydrogen-bond donors (Lipinski definition) is 1. The second-order valence-electron chi connectivity index (χ2n) is 7.45. The maximum atomic E-state index is 13.8. The molecule has 0 atom stereocenters. The Morgan fingerprint density at radius 2 is 1.91 bits per heavy atom. The van der Waals surface area contributed by atoms with Crippen molar-refractivity contribution in [3.8, 4) is 11.5 Å². The molecular formula is C25H25FN2O4. The van der Waals surface area contributed by atoms with Crippen LogP contribution < -0.4 is 14.8 Å². The van der Waals surface area contributed by atoms with Crippen molar-refractivity contribution in [3.63, 3.8) is 0 Å². The highest BCUT2D eigenvalue weighted by atomic mass is 19.1. The summed E-state index contributed by atoms with van der Waals surface area (Å²) in [5, 5.41) is 2.91. The number of ether oxygens (including phenoxy) is 3. The zero-order valence-corrected chi connectivity index (χ0v) is 17.8. The number of nitrogens with zero attached hydrogens (tertiary/aromatic N) is 1. The third-order valence-corrected chi connectivity index (χ3v) is 5.22. The molecule has 0 radical (unpaired) electrons. The fourth-order valence-corrected chi connectivity index (χ4v) is 3.48. The van der Waals surface area contributed by atoms with Crippen LogP contribution in [0.4, 0.5) is 14.9 Å². The van der Waals surface area contributed by atoms with Gasteiger partial charge in [-0.2, -0.15) is 0 Å². The van der Waals surface area contributed by atoms with Crippen LogP contribution in [0.25, 0.3) is 0 Å². The first-order valence-corrected chi connectivity index (χ1v) is 10.4. The number of benzene rings is 3. The number of hydrogen-bond acceptors (Lipinski definition) is 4. The summed E-state index contributed by atoms with van der Waals surface area (Å²) in [6.45, 7) is 1.82. The second kappa shape index (κ2) is 10.2. The Kier molecular flexibility index (Phi) is 6.87. The Hall–Kier alpha value is -3.58. The van der Waals surface area contributed by atoms with E-state index in [-0.39, 0.29) is 18.5 Å². The highest BCUT2D eigenvalue weighted by Gasteiger charge is 2.20. The highest BCUT2D eigenvalue weighted by molar-refractivity contribution is 5.89. The summed E-state index contributed by atoms with van der Waals surface area (Å²) >= 11 is 0. The van der Waals surface area contributed by atoms with Gasteiger partial charge in [0, 0.05) is 16.8 Å². The van der Waals surface area contributed by atoms with Gasteiger partial charge in [0.2, 0.25) is 0 Å². The van der Waals surface area contributed by atoms with Crippen molar-refractivity contribution >= 4 is 11.7 Å². The normalized spacial score (nSPS) is 13.0. The van der Waals surface area contributed by atoms with Gasteiger partial charge in [0.15, 0.2) is 0 Å². The summed E-state index contributed by atoms with van der Waals surface area (Å²) in [6, 6.07) is 19.3. The van der Waals surface area contributed by atoms with E-state index in [1.54, 1.807) is 54.5 Å². The Bertz CT molecular complexity index is 1070. The van der Waals surface area contributed by atoms with Gasteiger partial charge >= 0.3 is 6.03 Å². The van der Waals surface area contributed by atoms with E-state index in [0.29, 0.717) is 37.6 Å². The van der Waals surface area contributed by atoms with Crippen LogP contribution in [0.2, 0.25) is 0 Å². The van der Waals surface area contributed by atoms with Crippen LogP contribution in [-0.4, -0.2) is 31.2 Å². The lowest BCUT2D eigenvalue weighted by Gasteiger charge is -2.20. The standard InChI is InChI=1S/C25H25FN2O4/c1-30-22-9-7-21(8-10-22)27-25(29)28-12-13-32-24-11-6-18(14-20(24)15-28)16-31-17-19-4-2-3-5-23(19)26/h2-11,14H,12-13,15-17H2,1H3,(H,27,29). The summed E-state index contributed by atoms with van der Waals surface area (Å²) in [4.78, 5) is 14.5. The number of halogens is 1. The van der Waals surface area contributed by atoms with Crippen molar-refractivity contribution in [2.45, 2.75) is 19.8 Å². The predicted octanol–water partition coefficient (Wildman–Crippen LogP) is 4.98. The van der Waals surface area contributed by atoms with E-state index in [1.807, 2.05) is 18.2 Å². The lowest BCUT2D eigenvalue weighted by Crippen LogP contribution is -2.36. The van der Waals surface area contributed by atoms with Crippen molar-refractivity contribution in [3.05, 3.63) is 89.2 Å². The number of methoxy groups -OCH3 is 1. The smallest absolute Gasteiger partial charge is 0.322 e. The van der Waals surface area contributed by atoms with E-state index < -0.39 is 0 Å². The number of anilines is 1. The molecule has 0 spiro atoms. The Morgan fingerprint density at radius 1 is 1.09 bits per heavy atom. The number of carbonyl (C=O) groups excluding carboxylic acids is 1. The summed E-state index contributed by atoms with van der Waals surface area (Å²) in [5.41, 5.74) is 3.05. The van der Waals surface area contributed by atoms with E-state index in [4.69, 9.17) is 14.2 Å². The Balaban J connectivity index is 1.38. The number of carbonyl (C=O) groups is 1. The first-order chi connectivity index (χ1) is 15.6. The molecule has 3 aromatic rings. The molecule has 6 nitrogen and oxygen atoms in total. The molecule has 0 bridgehead atoms. The molecule has 0 aromatic heterocycles. The van der Waals surface area contributed by atoms with Gasteiger partial charge in [-0.25, -0.2) is 9.18 Å². The van der Waals surface area contributed by atoms with Gasteiger partial charge in [0.1, 0.15) is 23.9 Å². The van der Waals surface area contributed by atoms with Crippen molar-refractivity contribution in [2.75, 3.05) is 25.6 Å². The van der Waals surface area contributed by atoms with E-state index >= 15 is 0 Å². The minimum atomic E-state index is -0.277. The molecule has 4 rings (SSSR count). The molecule has 32 heavy (non-hydrogen) atoms. The maximum Gasteiger partial charge on any atom is 0.322 e. The molecule has 0 aliphatic carbocycles. The third kappa shape index (κ3) is 5.36. The van der Waals surface area contributed by atoms with Gasteiger partial charge in [-0.3, -0.25) is 0 Å². The maximum absolute atomic E-state index is 13.8. The largest absolute Gasteiger partial charge is 0.497 e. The van der Waals surface area contributed by atoms with Crippen molar-refractivity contribution in [2.24, 2.45) is 0 Å². The third-order valence-electron chi connectivity index (χ3n) is 5.22. The van der Waals surface area contributed by atoms with Crippen LogP contribution in [0.15, 0.2) is 66.7 Å². The molecule has 0 fully saturated rings. The molecule has 1 aliphatic rings. The van der Waals surface area contributed by atoms with Crippen molar-refractivity contribution < 1.29 is 23.4 Å². The lowest BCUT2D eigenvalue weighted by molar-refractivity contribution is 0.105. The molecule has 166 valence electrons. The number of nitrogens with one attached hydrogen (secondary N) is 1. The fourth-order valence-electron chi connectivity index (χ4n) is 3.48. The van der Waals surface area contributed by atoms with Crippen LogP contribution in [0.5, 0.6) is 11.5 Å². The molecule has 0 saturated carbocycles. The minimum Gasteiger partial charge on any atom is -0.497 e. The number of urea groups is 1. The first kappa shape index (κ1) is 21.6. The van der Waals surface area contributed by atoms with E-state index in [9.17, 15) is 9.18 Å². The molecule has 1 N–H and O–H groups in total. The Morgan fingerprint density at radius 3 is 2.69 bits per heavy atom. The summed E-state index contributed by atoms with van der Waals surface area (Å²) in [6.07, 6.45) is 0. The van der Waals surface area contributed by atoms with Crippen LogP contribution in [0.1, 0.15) is 16.7 Å². The highest BCUT2D eigenvalue weighted by Crippen LogP contribution is 2.26. The van der Waals surface area contributed by atoms with Crippen molar-refractivity contribution in [1.29, 1.82) is 0 Å². The fraction of sp³-hybridized carbons (Fsp3) is 0.240. The molecule has 1 aliphatic heterocycles. The zero-order chi connectivity index (χ0) is 22.3. The molecule has 1 heterocycles. The van der Waals surface area contributed by atoms with Crippen LogP contribution in [-0.2, 0) is 24.5 Å². The van der Waals surface area contributed by atoms with Gasteiger partial charge in [-0.15, -0.1) is 0 Å². The second-order valence-corrected chi connectivity index (χ2v) is 7.45. The molecule has 0 unspecified atom stereocenters. The SMILES string of the molecule is COc1ccc(NC(=O)N2CCOc3ccc(COCc4ccccc4F)cc3C2)cc1. The summed E-state index contributed by atoms with van der Waals surface area (Å²) in [5.74, 6) is 1.20. The number of amides is 2. The van der Waals surface area contributed by atoms with Crippen LogP contribution in [0.3, 0.4) is 0 Å². The van der Waals surface area contributed by atoms with E-state index in [1.165, 1.54) is 6.07 Å². The van der Waals surface area contributed by atoms with Crippen LogP contribution in [0, 0.1) is 5.82 Å². The summed E-state index contributed by atoms with van der Waals surface area (Å²) in [7, 11) is 1.60. The minimum absolute atomic E-state index is 0.191. The van der Waals surface area contributed by atoms with Crippen LogP contribution >= 0.6 is 0 Å². The quantitative estimate of drug-likeness (QED) is 0.592. The average molecular weight is 436 g/mol.